The molecule has 0 fully saturated rings. The number of rotatable bonds is 6. The van der Waals surface area contributed by atoms with E-state index in [1.807, 2.05) is 31.2 Å². The van der Waals surface area contributed by atoms with Gasteiger partial charge in [0.1, 0.15) is 5.82 Å². The zero-order valence-electron chi connectivity index (χ0n) is 12.4. The second-order valence-corrected chi connectivity index (χ2v) is 6.22. The number of hydrogen-bond acceptors (Lipinski definition) is 1. The summed E-state index contributed by atoms with van der Waals surface area (Å²) in [5, 5.41) is 3.56. The van der Waals surface area contributed by atoms with Crippen LogP contribution in [-0.2, 0) is 0 Å². The third-order valence-electron chi connectivity index (χ3n) is 3.66. The molecule has 0 heterocycles. The smallest absolute Gasteiger partial charge is 0.128 e. The van der Waals surface area contributed by atoms with Crippen LogP contribution in [0.25, 0.3) is 0 Å². The molecule has 21 heavy (non-hydrogen) atoms. The predicted molar refractivity (Wildman–Crippen MR) is 89.7 cm³/mol. The van der Waals surface area contributed by atoms with Crippen LogP contribution in [0.15, 0.2) is 53.0 Å². The lowest BCUT2D eigenvalue weighted by Crippen LogP contribution is -2.25. The molecule has 1 N–H and O–H groups in total. The van der Waals surface area contributed by atoms with Crippen LogP contribution < -0.4 is 5.32 Å². The van der Waals surface area contributed by atoms with E-state index < -0.39 is 0 Å². The molecule has 2 rings (SSSR count). The lowest BCUT2D eigenvalue weighted by molar-refractivity contribution is 0.428. The molecular weight excluding hydrogens is 329 g/mol. The highest BCUT2D eigenvalue weighted by atomic mass is 79.9. The highest BCUT2D eigenvalue weighted by Crippen LogP contribution is 2.26. The van der Waals surface area contributed by atoms with Crippen molar-refractivity contribution in [3.63, 3.8) is 0 Å². The maximum Gasteiger partial charge on any atom is 0.128 e. The third kappa shape index (κ3) is 4.39. The minimum atomic E-state index is -0.165. The summed E-state index contributed by atoms with van der Waals surface area (Å²) in [7, 11) is 0. The van der Waals surface area contributed by atoms with Gasteiger partial charge in [-0.15, -0.1) is 0 Å². The van der Waals surface area contributed by atoms with Crippen LogP contribution in [0.5, 0.6) is 0 Å². The topological polar surface area (TPSA) is 12.0 Å². The highest BCUT2D eigenvalue weighted by Gasteiger charge is 2.17. The fraction of sp³-hybridized carbons (Fsp3) is 0.333. The molecule has 2 unspecified atom stereocenters. The van der Waals surface area contributed by atoms with Gasteiger partial charge in [0.2, 0.25) is 0 Å². The van der Waals surface area contributed by atoms with Crippen molar-refractivity contribution in [3.05, 3.63) is 69.9 Å². The maximum absolute atomic E-state index is 14.0. The summed E-state index contributed by atoms with van der Waals surface area (Å²) in [5.74, 6) is -0.165. The quantitative estimate of drug-likeness (QED) is 0.696. The normalized spacial score (nSPS) is 13.9. The van der Waals surface area contributed by atoms with Crippen LogP contribution in [-0.4, -0.2) is 0 Å². The second kappa shape index (κ2) is 7.71. The van der Waals surface area contributed by atoms with Crippen molar-refractivity contribution in [3.8, 4) is 0 Å². The second-order valence-electron chi connectivity index (χ2n) is 5.31. The summed E-state index contributed by atoms with van der Waals surface area (Å²) in [4.78, 5) is 0. The van der Waals surface area contributed by atoms with Gasteiger partial charge in [-0.05, 0) is 37.1 Å². The summed E-state index contributed by atoms with van der Waals surface area (Å²) >= 11 is 3.41. The molecule has 2 atom stereocenters. The summed E-state index contributed by atoms with van der Waals surface area (Å²) in [5.41, 5.74) is 1.95. The van der Waals surface area contributed by atoms with Crippen LogP contribution in [0.2, 0.25) is 0 Å². The number of benzene rings is 2. The van der Waals surface area contributed by atoms with E-state index in [2.05, 4.69) is 40.3 Å². The van der Waals surface area contributed by atoms with Crippen LogP contribution in [0.1, 0.15) is 49.9 Å². The summed E-state index contributed by atoms with van der Waals surface area (Å²) in [6.07, 6.45) is 2.12. The Morgan fingerprint density at radius 2 is 1.86 bits per heavy atom. The summed E-state index contributed by atoms with van der Waals surface area (Å²) in [6.45, 7) is 4.18. The first-order chi connectivity index (χ1) is 10.1. The molecule has 0 saturated carbocycles. The van der Waals surface area contributed by atoms with Crippen LogP contribution in [0.4, 0.5) is 4.39 Å². The van der Waals surface area contributed by atoms with E-state index in [4.69, 9.17) is 0 Å². The standard InChI is InChI=1S/C18H21BrFN/c1-3-7-18(14-8-5-4-6-9-14)21-13(2)16-12-15(19)10-11-17(16)20/h4-6,8-13,18,21H,3,7H2,1-2H3. The molecule has 0 bridgehead atoms. The van der Waals surface area contributed by atoms with Gasteiger partial charge in [0.05, 0.1) is 0 Å². The van der Waals surface area contributed by atoms with E-state index in [1.165, 1.54) is 11.6 Å². The maximum atomic E-state index is 14.0. The average molecular weight is 350 g/mol. The molecule has 0 aliphatic heterocycles. The SMILES string of the molecule is CCCC(NC(C)c1cc(Br)ccc1F)c1ccccc1. The van der Waals surface area contributed by atoms with Crippen LogP contribution in [0.3, 0.4) is 0 Å². The monoisotopic (exact) mass is 349 g/mol. The molecule has 0 radical (unpaired) electrons. The zero-order valence-corrected chi connectivity index (χ0v) is 14.0. The Morgan fingerprint density at radius 3 is 2.52 bits per heavy atom. The fourth-order valence-electron chi connectivity index (χ4n) is 2.56. The molecule has 0 spiro atoms. The number of hydrogen-bond donors (Lipinski definition) is 1. The van der Waals surface area contributed by atoms with Crippen LogP contribution in [0, 0.1) is 5.82 Å². The highest BCUT2D eigenvalue weighted by molar-refractivity contribution is 9.10. The molecule has 0 aliphatic rings. The molecule has 3 heteroatoms. The third-order valence-corrected chi connectivity index (χ3v) is 4.15. The van der Waals surface area contributed by atoms with Crippen LogP contribution >= 0.6 is 15.9 Å². The van der Waals surface area contributed by atoms with Gasteiger partial charge in [-0.2, -0.15) is 0 Å². The van der Waals surface area contributed by atoms with E-state index in [0.717, 1.165) is 17.3 Å². The van der Waals surface area contributed by atoms with Crippen molar-refractivity contribution in [2.75, 3.05) is 0 Å². The van der Waals surface area contributed by atoms with Gasteiger partial charge in [-0.3, -0.25) is 0 Å². The van der Waals surface area contributed by atoms with Crippen molar-refractivity contribution in [1.29, 1.82) is 0 Å². The van der Waals surface area contributed by atoms with Gasteiger partial charge in [-0.1, -0.05) is 59.6 Å². The van der Waals surface area contributed by atoms with Gasteiger partial charge >= 0.3 is 0 Å². The Morgan fingerprint density at radius 1 is 1.14 bits per heavy atom. The van der Waals surface area contributed by atoms with E-state index in [0.29, 0.717) is 5.56 Å². The molecule has 1 nitrogen and oxygen atoms in total. The minimum Gasteiger partial charge on any atom is -0.303 e. The van der Waals surface area contributed by atoms with E-state index in [-0.39, 0.29) is 17.9 Å². The van der Waals surface area contributed by atoms with Crippen molar-refractivity contribution >= 4 is 15.9 Å². The summed E-state index contributed by atoms with van der Waals surface area (Å²) < 4.78 is 14.9. The van der Waals surface area contributed by atoms with Crippen molar-refractivity contribution in [2.45, 2.75) is 38.8 Å². The minimum absolute atomic E-state index is 0.0424. The lowest BCUT2D eigenvalue weighted by Gasteiger charge is -2.24. The molecule has 0 amide bonds. The van der Waals surface area contributed by atoms with Crippen molar-refractivity contribution in [2.24, 2.45) is 0 Å². The molecule has 0 aliphatic carbocycles. The van der Waals surface area contributed by atoms with E-state index in [9.17, 15) is 4.39 Å². The van der Waals surface area contributed by atoms with Gasteiger partial charge < -0.3 is 5.32 Å². The predicted octanol–water partition coefficient (Wildman–Crippen LogP) is 5.78. The Balaban J connectivity index is 2.18. The summed E-state index contributed by atoms with van der Waals surface area (Å²) in [6, 6.07) is 15.6. The lowest BCUT2D eigenvalue weighted by atomic mass is 9.99. The first-order valence-corrected chi connectivity index (χ1v) is 8.17. The zero-order chi connectivity index (χ0) is 15.2. The Kier molecular flexibility index (Phi) is 5.95. The van der Waals surface area contributed by atoms with Gasteiger partial charge in [-0.25, -0.2) is 4.39 Å². The van der Waals surface area contributed by atoms with E-state index >= 15 is 0 Å². The molecular formula is C18H21BrFN. The van der Waals surface area contributed by atoms with Gasteiger partial charge in [0, 0.05) is 22.1 Å². The first kappa shape index (κ1) is 16.2. The Hall–Kier alpha value is -1.19. The van der Waals surface area contributed by atoms with Gasteiger partial charge in [0.25, 0.3) is 0 Å². The molecule has 0 aromatic heterocycles. The number of halogens is 2. The largest absolute Gasteiger partial charge is 0.303 e. The molecule has 2 aromatic carbocycles. The Labute approximate surface area is 134 Å². The molecule has 2 aromatic rings. The molecule has 112 valence electrons. The number of nitrogens with one attached hydrogen (secondary N) is 1. The average Bonchev–Trinajstić information content (AvgIpc) is 2.50. The van der Waals surface area contributed by atoms with Crippen molar-refractivity contribution in [1.82, 2.24) is 5.32 Å². The molecule has 0 saturated heterocycles. The first-order valence-electron chi connectivity index (χ1n) is 7.37. The van der Waals surface area contributed by atoms with Gasteiger partial charge in [0.15, 0.2) is 0 Å². The fourth-order valence-corrected chi connectivity index (χ4v) is 2.94. The van der Waals surface area contributed by atoms with Crippen molar-refractivity contribution < 1.29 is 4.39 Å². The van der Waals surface area contributed by atoms with E-state index in [1.54, 1.807) is 6.07 Å². The Bertz CT molecular complexity index is 571.